The molecular formula is C12H20N4O4. The van der Waals surface area contributed by atoms with Gasteiger partial charge in [-0.05, 0) is 13.8 Å². The Kier molecular flexibility index (Phi) is 5.09. The summed E-state index contributed by atoms with van der Waals surface area (Å²) in [5.74, 6) is -1.12. The molecule has 0 aliphatic heterocycles. The van der Waals surface area contributed by atoms with Gasteiger partial charge in [-0.1, -0.05) is 0 Å². The van der Waals surface area contributed by atoms with Gasteiger partial charge in [-0.15, -0.1) is 0 Å². The number of carboxylic acids is 1. The molecule has 0 aromatic carbocycles. The second-order valence-corrected chi connectivity index (χ2v) is 5.02. The third kappa shape index (κ3) is 5.27. The molecule has 112 valence electrons. The van der Waals surface area contributed by atoms with E-state index in [1.807, 2.05) is 6.92 Å². The number of hydrogen-bond donors (Lipinski definition) is 4. The maximum Gasteiger partial charge on any atom is 0.315 e. The number of carbonyl (C=O) groups is 2. The van der Waals surface area contributed by atoms with Crippen molar-refractivity contribution in [1.29, 1.82) is 0 Å². The highest BCUT2D eigenvalue weighted by atomic mass is 16.4. The summed E-state index contributed by atoms with van der Waals surface area (Å²) >= 11 is 0. The Morgan fingerprint density at radius 2 is 2.10 bits per heavy atom. The average molecular weight is 284 g/mol. The smallest absolute Gasteiger partial charge is 0.315 e. The first-order chi connectivity index (χ1) is 9.19. The minimum absolute atomic E-state index is 0.142. The van der Waals surface area contributed by atoms with E-state index in [1.54, 1.807) is 17.9 Å². The topological polar surface area (TPSA) is 116 Å². The number of aliphatic hydroxyl groups is 1. The van der Waals surface area contributed by atoms with Crippen LogP contribution in [0.2, 0.25) is 0 Å². The zero-order valence-corrected chi connectivity index (χ0v) is 11.8. The number of aromatic nitrogens is 2. The maximum atomic E-state index is 11.6. The number of aryl methyl sites for hydroxylation is 2. The van der Waals surface area contributed by atoms with Gasteiger partial charge >= 0.3 is 12.0 Å². The zero-order chi connectivity index (χ0) is 15.3. The number of amides is 2. The SMILES string of the molecule is Cc1nn(C)cc1CNC(=O)NCC(C)(O)CC(=O)O. The normalized spacial score (nSPS) is 13.6. The van der Waals surface area contributed by atoms with Gasteiger partial charge in [0.25, 0.3) is 0 Å². The van der Waals surface area contributed by atoms with Crippen LogP contribution in [0.3, 0.4) is 0 Å². The van der Waals surface area contributed by atoms with Crippen molar-refractivity contribution in [3.05, 3.63) is 17.5 Å². The zero-order valence-electron chi connectivity index (χ0n) is 11.8. The summed E-state index contributed by atoms with van der Waals surface area (Å²) in [6, 6.07) is -0.473. The standard InChI is InChI=1S/C12H20N4O4/c1-8-9(6-16(3)15-8)5-13-11(19)14-7-12(2,20)4-10(17)18/h6,20H,4-5,7H2,1-3H3,(H,17,18)(H2,13,14,19). The molecule has 0 radical (unpaired) electrons. The van der Waals surface area contributed by atoms with Crippen LogP contribution in [0.4, 0.5) is 4.79 Å². The van der Waals surface area contributed by atoms with Gasteiger partial charge in [-0.3, -0.25) is 9.48 Å². The second kappa shape index (κ2) is 6.38. The Hall–Kier alpha value is -2.09. The highest BCUT2D eigenvalue weighted by Crippen LogP contribution is 2.07. The summed E-state index contributed by atoms with van der Waals surface area (Å²) in [5.41, 5.74) is 0.235. The average Bonchev–Trinajstić information content (AvgIpc) is 2.61. The minimum Gasteiger partial charge on any atom is -0.481 e. The van der Waals surface area contributed by atoms with E-state index in [4.69, 9.17) is 5.11 Å². The fourth-order valence-electron chi connectivity index (χ4n) is 1.72. The predicted octanol–water partition coefficient (Wildman–Crippen LogP) is -0.247. The Bertz CT molecular complexity index is 496. The molecule has 0 saturated heterocycles. The molecule has 1 unspecified atom stereocenters. The first kappa shape index (κ1) is 16.0. The molecule has 0 aliphatic carbocycles. The van der Waals surface area contributed by atoms with E-state index in [0.717, 1.165) is 11.3 Å². The number of aliphatic carboxylic acids is 1. The molecule has 1 rings (SSSR count). The van der Waals surface area contributed by atoms with Crippen molar-refractivity contribution in [2.45, 2.75) is 32.4 Å². The Morgan fingerprint density at radius 1 is 1.45 bits per heavy atom. The number of urea groups is 1. The Balaban J connectivity index is 2.37. The van der Waals surface area contributed by atoms with E-state index in [9.17, 15) is 14.7 Å². The van der Waals surface area contributed by atoms with Gasteiger partial charge in [0.1, 0.15) is 0 Å². The quantitative estimate of drug-likeness (QED) is 0.575. The van der Waals surface area contributed by atoms with Gasteiger partial charge in [0, 0.05) is 31.9 Å². The van der Waals surface area contributed by atoms with Crippen molar-refractivity contribution in [3.8, 4) is 0 Å². The lowest BCUT2D eigenvalue weighted by Crippen LogP contribution is -2.45. The number of rotatable bonds is 6. The van der Waals surface area contributed by atoms with E-state index in [0.29, 0.717) is 6.54 Å². The second-order valence-electron chi connectivity index (χ2n) is 5.02. The summed E-state index contributed by atoms with van der Waals surface area (Å²) in [4.78, 5) is 22.1. The van der Waals surface area contributed by atoms with Gasteiger partial charge in [-0.2, -0.15) is 5.10 Å². The van der Waals surface area contributed by atoms with Crippen LogP contribution in [0.5, 0.6) is 0 Å². The molecule has 4 N–H and O–H groups in total. The lowest BCUT2D eigenvalue weighted by Gasteiger charge is -2.21. The van der Waals surface area contributed by atoms with Crippen molar-refractivity contribution in [2.75, 3.05) is 6.54 Å². The monoisotopic (exact) mass is 284 g/mol. The first-order valence-electron chi connectivity index (χ1n) is 6.14. The van der Waals surface area contributed by atoms with Gasteiger partial charge in [0.2, 0.25) is 0 Å². The van der Waals surface area contributed by atoms with Crippen LogP contribution >= 0.6 is 0 Å². The molecule has 1 heterocycles. The van der Waals surface area contributed by atoms with Crippen molar-refractivity contribution in [3.63, 3.8) is 0 Å². The van der Waals surface area contributed by atoms with Gasteiger partial charge in [0.05, 0.1) is 17.7 Å². The fraction of sp³-hybridized carbons (Fsp3) is 0.583. The summed E-state index contributed by atoms with van der Waals surface area (Å²) in [7, 11) is 1.79. The molecule has 0 aliphatic rings. The van der Waals surface area contributed by atoms with Crippen molar-refractivity contribution < 1.29 is 19.8 Å². The third-order valence-corrected chi connectivity index (χ3v) is 2.72. The molecule has 1 atom stereocenters. The largest absolute Gasteiger partial charge is 0.481 e. The summed E-state index contributed by atoms with van der Waals surface area (Å²) in [5, 5.41) is 27.5. The highest BCUT2D eigenvalue weighted by molar-refractivity contribution is 5.74. The van der Waals surface area contributed by atoms with Crippen LogP contribution in [0.15, 0.2) is 6.20 Å². The number of carboxylic acid groups (broad SMARTS) is 1. The van der Waals surface area contributed by atoms with Gasteiger partial charge in [-0.25, -0.2) is 4.79 Å². The van der Waals surface area contributed by atoms with Crippen LogP contribution in [-0.2, 0) is 18.4 Å². The molecule has 8 nitrogen and oxygen atoms in total. The van der Waals surface area contributed by atoms with Gasteiger partial charge < -0.3 is 20.8 Å². The highest BCUT2D eigenvalue weighted by Gasteiger charge is 2.24. The first-order valence-corrected chi connectivity index (χ1v) is 6.14. The molecule has 0 bridgehead atoms. The predicted molar refractivity (Wildman–Crippen MR) is 71.1 cm³/mol. The van der Waals surface area contributed by atoms with E-state index in [1.165, 1.54) is 6.92 Å². The number of nitrogens with zero attached hydrogens (tertiary/aromatic N) is 2. The molecule has 8 heteroatoms. The van der Waals surface area contributed by atoms with E-state index in [-0.39, 0.29) is 6.54 Å². The van der Waals surface area contributed by atoms with Crippen LogP contribution in [0, 0.1) is 6.92 Å². The number of carbonyl (C=O) groups excluding carboxylic acids is 1. The van der Waals surface area contributed by atoms with Gasteiger partial charge in [0.15, 0.2) is 0 Å². The van der Waals surface area contributed by atoms with E-state index >= 15 is 0 Å². The summed E-state index contributed by atoms with van der Waals surface area (Å²) in [6.07, 6.45) is 1.37. The molecule has 0 fully saturated rings. The van der Waals surface area contributed by atoms with Crippen LogP contribution in [0.25, 0.3) is 0 Å². The minimum atomic E-state index is -1.48. The fourth-order valence-corrected chi connectivity index (χ4v) is 1.72. The molecule has 1 aromatic rings. The van der Waals surface area contributed by atoms with E-state index in [2.05, 4.69) is 15.7 Å². The lowest BCUT2D eigenvalue weighted by atomic mass is 10.0. The van der Waals surface area contributed by atoms with E-state index < -0.39 is 24.0 Å². The van der Waals surface area contributed by atoms with Crippen LogP contribution in [-0.4, -0.2) is 44.1 Å². The Morgan fingerprint density at radius 3 is 2.60 bits per heavy atom. The maximum absolute atomic E-state index is 11.6. The lowest BCUT2D eigenvalue weighted by molar-refractivity contribution is -0.141. The van der Waals surface area contributed by atoms with Crippen LogP contribution < -0.4 is 10.6 Å². The summed E-state index contributed by atoms with van der Waals surface area (Å²) in [6.45, 7) is 3.36. The molecule has 20 heavy (non-hydrogen) atoms. The molecule has 2 amide bonds. The molecule has 1 aromatic heterocycles. The van der Waals surface area contributed by atoms with Crippen molar-refractivity contribution in [1.82, 2.24) is 20.4 Å². The number of hydrogen-bond acceptors (Lipinski definition) is 4. The van der Waals surface area contributed by atoms with Crippen molar-refractivity contribution >= 4 is 12.0 Å². The molecule has 0 saturated carbocycles. The van der Waals surface area contributed by atoms with Crippen LogP contribution in [0.1, 0.15) is 24.6 Å². The molecule has 0 spiro atoms. The van der Waals surface area contributed by atoms with Crippen molar-refractivity contribution in [2.24, 2.45) is 7.05 Å². The third-order valence-electron chi connectivity index (χ3n) is 2.72. The molecular weight excluding hydrogens is 264 g/mol. The number of nitrogens with one attached hydrogen (secondary N) is 2. The summed E-state index contributed by atoms with van der Waals surface area (Å²) < 4.78 is 1.65. The Labute approximate surface area is 116 Å².